The monoisotopic (exact) mass is 345 g/mol. The van der Waals surface area contributed by atoms with E-state index in [1.165, 1.54) is 6.20 Å². The van der Waals surface area contributed by atoms with Gasteiger partial charge in [0, 0.05) is 18.1 Å². The van der Waals surface area contributed by atoms with Crippen LogP contribution in [0, 0.1) is 5.82 Å². The normalized spacial score (nSPS) is 19.6. The zero-order valence-corrected chi connectivity index (χ0v) is 14.7. The third-order valence-corrected chi connectivity index (χ3v) is 4.39. The Kier molecular flexibility index (Phi) is 5.21. The third-order valence-electron chi connectivity index (χ3n) is 4.39. The molecule has 0 atom stereocenters. The van der Waals surface area contributed by atoms with Crippen LogP contribution >= 0.6 is 0 Å². The Balaban J connectivity index is 2.08. The van der Waals surface area contributed by atoms with Crippen molar-refractivity contribution in [3.63, 3.8) is 0 Å². The number of rotatable bonds is 6. The standard InChI is InChI=1S/C16H23BF3NO3/c1-6-7-16(19,20)10-22-13-12(18)8-11(9-21-13)17-23-14(2,3)15(4,5)24-17/h8-9H,6-7,10H2,1-5H3. The maximum Gasteiger partial charge on any atom is 0.496 e. The number of halogens is 3. The second-order valence-electron chi connectivity index (χ2n) is 7.04. The molecule has 0 radical (unpaired) electrons. The Labute approximate surface area is 140 Å². The molecule has 24 heavy (non-hydrogen) atoms. The summed E-state index contributed by atoms with van der Waals surface area (Å²) in [5.74, 6) is -4.28. The van der Waals surface area contributed by atoms with Crippen LogP contribution in [-0.4, -0.2) is 35.8 Å². The van der Waals surface area contributed by atoms with E-state index in [0.717, 1.165) is 6.07 Å². The van der Waals surface area contributed by atoms with E-state index in [1.807, 2.05) is 27.7 Å². The summed E-state index contributed by atoms with van der Waals surface area (Å²) in [7, 11) is -0.771. The molecule has 0 spiro atoms. The summed E-state index contributed by atoms with van der Waals surface area (Å²) in [6, 6.07) is 1.14. The van der Waals surface area contributed by atoms with Crippen molar-refractivity contribution in [3.05, 3.63) is 18.1 Å². The molecule has 2 rings (SSSR count). The molecule has 0 saturated carbocycles. The van der Waals surface area contributed by atoms with Crippen molar-refractivity contribution in [2.24, 2.45) is 0 Å². The Morgan fingerprint density at radius 2 is 1.79 bits per heavy atom. The maximum absolute atomic E-state index is 14.1. The summed E-state index contributed by atoms with van der Waals surface area (Å²) < 4.78 is 57.4. The van der Waals surface area contributed by atoms with Crippen LogP contribution in [0.5, 0.6) is 5.88 Å². The number of hydrogen-bond donors (Lipinski definition) is 0. The zero-order valence-electron chi connectivity index (χ0n) is 14.7. The largest absolute Gasteiger partial charge is 0.496 e. The van der Waals surface area contributed by atoms with Gasteiger partial charge in [0.1, 0.15) is 0 Å². The molecule has 0 N–H and O–H groups in total. The van der Waals surface area contributed by atoms with Crippen molar-refractivity contribution >= 4 is 12.6 Å². The van der Waals surface area contributed by atoms with E-state index in [-0.39, 0.29) is 6.42 Å². The summed E-state index contributed by atoms with van der Waals surface area (Å²) in [4.78, 5) is 3.79. The van der Waals surface area contributed by atoms with E-state index in [1.54, 1.807) is 6.92 Å². The fourth-order valence-electron chi connectivity index (χ4n) is 2.27. The first-order valence-electron chi connectivity index (χ1n) is 7.99. The van der Waals surface area contributed by atoms with Crippen molar-refractivity contribution in [2.45, 2.75) is 64.6 Å². The van der Waals surface area contributed by atoms with Crippen molar-refractivity contribution in [3.8, 4) is 5.88 Å². The van der Waals surface area contributed by atoms with Gasteiger partial charge in [-0.3, -0.25) is 0 Å². The highest BCUT2D eigenvalue weighted by Gasteiger charge is 2.52. The van der Waals surface area contributed by atoms with Gasteiger partial charge in [-0.15, -0.1) is 0 Å². The summed E-state index contributed by atoms with van der Waals surface area (Å²) in [6.07, 6.45) is 1.31. The molecule has 1 saturated heterocycles. The average Bonchev–Trinajstić information content (AvgIpc) is 2.66. The number of hydrogen-bond acceptors (Lipinski definition) is 4. The van der Waals surface area contributed by atoms with Crippen LogP contribution in [0.2, 0.25) is 0 Å². The molecule has 1 aliphatic heterocycles. The molecule has 1 aliphatic rings. The predicted molar refractivity (Wildman–Crippen MR) is 85.3 cm³/mol. The number of pyridine rings is 1. The lowest BCUT2D eigenvalue weighted by Crippen LogP contribution is -2.41. The number of ether oxygens (including phenoxy) is 1. The molecule has 2 heterocycles. The van der Waals surface area contributed by atoms with Gasteiger partial charge in [-0.2, -0.15) is 0 Å². The van der Waals surface area contributed by atoms with Crippen LogP contribution < -0.4 is 10.2 Å². The van der Waals surface area contributed by atoms with E-state index in [9.17, 15) is 13.2 Å². The fourth-order valence-corrected chi connectivity index (χ4v) is 2.27. The number of aromatic nitrogens is 1. The summed E-state index contributed by atoms with van der Waals surface area (Å²) in [6.45, 7) is 8.26. The van der Waals surface area contributed by atoms with E-state index in [0.29, 0.717) is 11.9 Å². The topological polar surface area (TPSA) is 40.6 Å². The molecule has 4 nitrogen and oxygen atoms in total. The van der Waals surface area contributed by atoms with Crippen LogP contribution in [0.25, 0.3) is 0 Å². The van der Waals surface area contributed by atoms with Crippen LogP contribution in [0.3, 0.4) is 0 Å². The SMILES string of the molecule is CCCC(F)(F)COc1ncc(B2OC(C)(C)C(C)(C)O2)cc1F. The van der Waals surface area contributed by atoms with Crippen molar-refractivity contribution in [1.82, 2.24) is 4.98 Å². The first kappa shape index (κ1) is 19.1. The van der Waals surface area contributed by atoms with E-state index in [4.69, 9.17) is 14.0 Å². The molecular formula is C16H23BF3NO3. The third kappa shape index (κ3) is 4.03. The molecule has 1 fully saturated rings. The molecule has 0 bridgehead atoms. The molecule has 0 aliphatic carbocycles. The quantitative estimate of drug-likeness (QED) is 0.742. The first-order valence-corrected chi connectivity index (χ1v) is 7.99. The highest BCUT2D eigenvalue weighted by Crippen LogP contribution is 2.36. The molecule has 0 amide bonds. The fraction of sp³-hybridized carbons (Fsp3) is 0.688. The average molecular weight is 345 g/mol. The Morgan fingerprint density at radius 1 is 1.21 bits per heavy atom. The van der Waals surface area contributed by atoms with Crippen LogP contribution in [0.1, 0.15) is 47.5 Å². The molecule has 0 aromatic carbocycles. The minimum absolute atomic E-state index is 0.313. The summed E-state index contributed by atoms with van der Waals surface area (Å²) in [5, 5.41) is 0. The van der Waals surface area contributed by atoms with Gasteiger partial charge >= 0.3 is 7.12 Å². The second-order valence-corrected chi connectivity index (χ2v) is 7.04. The highest BCUT2D eigenvalue weighted by atomic mass is 19.3. The summed E-state index contributed by atoms with van der Waals surface area (Å²) in [5.41, 5.74) is -0.754. The Bertz CT molecular complexity index is 580. The first-order chi connectivity index (χ1) is 11.0. The number of nitrogens with zero attached hydrogens (tertiary/aromatic N) is 1. The maximum atomic E-state index is 14.1. The lowest BCUT2D eigenvalue weighted by molar-refractivity contribution is -0.0500. The highest BCUT2D eigenvalue weighted by molar-refractivity contribution is 6.62. The van der Waals surface area contributed by atoms with E-state index < -0.39 is 42.5 Å². The van der Waals surface area contributed by atoms with Crippen molar-refractivity contribution in [2.75, 3.05) is 6.61 Å². The minimum Gasteiger partial charge on any atom is -0.469 e. The molecule has 134 valence electrons. The van der Waals surface area contributed by atoms with Gasteiger partial charge < -0.3 is 14.0 Å². The van der Waals surface area contributed by atoms with Gasteiger partial charge in [0.05, 0.1) is 11.2 Å². The van der Waals surface area contributed by atoms with Gasteiger partial charge in [-0.05, 0) is 33.8 Å². The minimum atomic E-state index is -3.01. The van der Waals surface area contributed by atoms with Crippen molar-refractivity contribution in [1.29, 1.82) is 0 Å². The van der Waals surface area contributed by atoms with E-state index in [2.05, 4.69) is 4.98 Å². The van der Waals surface area contributed by atoms with Gasteiger partial charge in [0.15, 0.2) is 12.4 Å². The molecule has 1 aromatic rings. The molecule has 0 unspecified atom stereocenters. The molecule has 1 aromatic heterocycles. The summed E-state index contributed by atoms with van der Waals surface area (Å²) >= 11 is 0. The van der Waals surface area contributed by atoms with Gasteiger partial charge in [0.2, 0.25) is 0 Å². The Morgan fingerprint density at radius 3 is 2.29 bits per heavy atom. The molecule has 8 heteroatoms. The van der Waals surface area contributed by atoms with Crippen LogP contribution in [-0.2, 0) is 9.31 Å². The second kappa shape index (κ2) is 6.56. The predicted octanol–water partition coefficient (Wildman–Crippen LogP) is 3.33. The number of alkyl halides is 2. The van der Waals surface area contributed by atoms with Gasteiger partial charge in [0.25, 0.3) is 11.8 Å². The van der Waals surface area contributed by atoms with Crippen LogP contribution in [0.4, 0.5) is 13.2 Å². The van der Waals surface area contributed by atoms with Crippen molar-refractivity contribution < 1.29 is 27.2 Å². The van der Waals surface area contributed by atoms with E-state index >= 15 is 0 Å². The van der Waals surface area contributed by atoms with Gasteiger partial charge in [-0.1, -0.05) is 13.3 Å². The lowest BCUT2D eigenvalue weighted by Gasteiger charge is -2.32. The van der Waals surface area contributed by atoms with Gasteiger partial charge in [-0.25, -0.2) is 18.2 Å². The molecular weight excluding hydrogens is 322 g/mol. The zero-order chi connectivity index (χ0) is 18.2. The smallest absolute Gasteiger partial charge is 0.469 e. The lowest BCUT2D eigenvalue weighted by atomic mass is 9.80. The Hall–Kier alpha value is -1.28. The van der Waals surface area contributed by atoms with Crippen LogP contribution in [0.15, 0.2) is 12.3 Å².